The third-order valence-corrected chi connectivity index (χ3v) is 3.20. The monoisotopic (exact) mass is 382 g/mol. The van der Waals surface area contributed by atoms with Crippen LogP contribution in [-0.4, -0.2) is 26.8 Å². The van der Waals surface area contributed by atoms with Crippen LogP contribution in [0.2, 0.25) is 0 Å². The van der Waals surface area contributed by atoms with Crippen molar-refractivity contribution in [1.82, 2.24) is 10.0 Å². The molecule has 0 saturated carbocycles. The number of amides is 2. The second-order valence-electron chi connectivity index (χ2n) is 3.43. The van der Waals surface area contributed by atoms with E-state index in [1.54, 1.807) is 24.3 Å². The zero-order valence-electron chi connectivity index (χ0n) is 9.17. The summed E-state index contributed by atoms with van der Waals surface area (Å²) in [7, 11) is -3.66. The average Bonchev–Trinajstić information content (AvgIpc) is 2.27. The quantitative estimate of drug-likeness (QED) is 0.416. The summed E-state index contributed by atoms with van der Waals surface area (Å²) < 4.78 is 23.7. The third-order valence-electron chi connectivity index (χ3n) is 2.09. The van der Waals surface area contributed by atoms with Crippen molar-refractivity contribution in [3.05, 3.63) is 35.9 Å². The van der Waals surface area contributed by atoms with E-state index in [1.165, 1.54) is 0 Å². The van der Waals surface area contributed by atoms with Gasteiger partial charge in [-0.1, -0.05) is 30.3 Å². The Hall–Kier alpha value is -1.16. The Morgan fingerprint density at radius 3 is 2.44 bits per heavy atom. The molecule has 0 heterocycles. The van der Waals surface area contributed by atoms with E-state index in [9.17, 15) is 18.0 Å². The van der Waals surface area contributed by atoms with Gasteiger partial charge in [-0.25, -0.2) is 4.72 Å². The van der Waals surface area contributed by atoms with Crippen molar-refractivity contribution in [1.29, 1.82) is 0 Å². The van der Waals surface area contributed by atoms with Crippen LogP contribution in [0.25, 0.3) is 0 Å². The highest BCUT2D eigenvalue weighted by molar-refractivity contribution is 14.2. The van der Waals surface area contributed by atoms with Gasteiger partial charge in [0.25, 0.3) is 13.1 Å². The van der Waals surface area contributed by atoms with Crippen molar-refractivity contribution < 1.29 is 18.0 Å². The van der Waals surface area contributed by atoms with E-state index < -0.39 is 19.1 Å². The summed E-state index contributed by atoms with van der Waals surface area (Å²) in [5.74, 6) is -0.764. The van der Waals surface area contributed by atoms with Crippen molar-refractivity contribution in [2.45, 2.75) is 12.5 Å². The number of nitrogens with one attached hydrogen (secondary N) is 2. The summed E-state index contributed by atoms with van der Waals surface area (Å²) in [5.41, 5.74) is 0.817. The first-order chi connectivity index (χ1) is 8.42. The minimum absolute atomic E-state index is 0.220. The maximum absolute atomic E-state index is 11.6. The molecule has 0 spiro atoms. The molecule has 98 valence electrons. The van der Waals surface area contributed by atoms with Crippen LogP contribution in [0.3, 0.4) is 0 Å². The second kappa shape index (κ2) is 6.69. The molecule has 0 saturated heterocycles. The molecule has 18 heavy (non-hydrogen) atoms. The Bertz CT molecular complexity index is 518. The first-order valence-electron chi connectivity index (χ1n) is 4.92. The van der Waals surface area contributed by atoms with E-state index in [0.29, 0.717) is 6.41 Å². The van der Waals surface area contributed by atoms with Gasteiger partial charge in [0.1, 0.15) is 6.04 Å². The summed E-state index contributed by atoms with van der Waals surface area (Å²) in [4.78, 5) is 22.1. The van der Waals surface area contributed by atoms with Crippen molar-refractivity contribution >= 4 is 40.7 Å². The topological polar surface area (TPSA) is 92.3 Å². The van der Waals surface area contributed by atoms with Gasteiger partial charge in [0, 0.05) is 6.42 Å². The van der Waals surface area contributed by atoms with Gasteiger partial charge in [-0.05, 0) is 5.56 Å². The number of carbonyl (C=O) groups is 2. The molecule has 2 amide bonds. The predicted octanol–water partition coefficient (Wildman–Crippen LogP) is 0.140. The van der Waals surface area contributed by atoms with Gasteiger partial charge >= 0.3 is 0 Å². The lowest BCUT2D eigenvalue weighted by Gasteiger charge is -2.14. The van der Waals surface area contributed by atoms with Crippen LogP contribution in [0.4, 0.5) is 0 Å². The fourth-order valence-corrected chi connectivity index (χ4v) is 2.38. The minimum atomic E-state index is -3.66. The highest BCUT2D eigenvalue weighted by atomic mass is 127. The van der Waals surface area contributed by atoms with Gasteiger partial charge in [0.15, 0.2) is 0 Å². The van der Waals surface area contributed by atoms with E-state index >= 15 is 0 Å². The van der Waals surface area contributed by atoms with Crippen LogP contribution < -0.4 is 10.0 Å². The molecule has 0 aromatic heterocycles. The molecular formula is C10H11IN2O4S. The summed E-state index contributed by atoms with van der Waals surface area (Å²) in [6.45, 7) is 0. The standard InChI is InChI=1S/C10H11IN2O4S/c11-18(16,17)13-10(15)9(12-7-14)6-8-4-2-1-3-5-8/h1-5,7,9H,6H2,(H,12,14)(H,13,15). The lowest BCUT2D eigenvalue weighted by atomic mass is 10.1. The van der Waals surface area contributed by atoms with Gasteiger partial charge in [-0.15, -0.1) is 0 Å². The van der Waals surface area contributed by atoms with Crippen molar-refractivity contribution in [3.8, 4) is 0 Å². The normalized spacial score (nSPS) is 12.5. The number of hydrogen-bond acceptors (Lipinski definition) is 4. The van der Waals surface area contributed by atoms with Gasteiger partial charge in [-0.2, -0.15) is 8.42 Å². The average molecular weight is 382 g/mol. The van der Waals surface area contributed by atoms with Gasteiger partial charge in [0.2, 0.25) is 6.41 Å². The van der Waals surface area contributed by atoms with E-state index in [0.717, 1.165) is 26.8 Å². The second-order valence-corrected chi connectivity index (χ2v) is 7.99. The van der Waals surface area contributed by atoms with Crippen LogP contribution >= 0.6 is 21.2 Å². The first-order valence-corrected chi connectivity index (χ1v) is 8.95. The lowest BCUT2D eigenvalue weighted by Crippen LogP contribution is -2.45. The Labute approximate surface area is 117 Å². The highest BCUT2D eigenvalue weighted by Crippen LogP contribution is 2.04. The Balaban J connectivity index is 2.77. The molecule has 0 fully saturated rings. The molecule has 6 nitrogen and oxygen atoms in total. The van der Waals surface area contributed by atoms with E-state index in [1.807, 2.05) is 10.8 Å². The molecule has 0 bridgehead atoms. The number of halogens is 1. The van der Waals surface area contributed by atoms with Crippen molar-refractivity contribution in [2.24, 2.45) is 0 Å². The van der Waals surface area contributed by atoms with E-state index in [-0.39, 0.29) is 6.42 Å². The number of rotatable bonds is 6. The number of benzene rings is 1. The molecule has 1 unspecified atom stereocenters. The third kappa shape index (κ3) is 5.45. The maximum atomic E-state index is 11.6. The molecule has 0 aliphatic heterocycles. The number of carbonyl (C=O) groups excluding carboxylic acids is 2. The molecular weight excluding hydrogens is 371 g/mol. The summed E-state index contributed by atoms with van der Waals surface area (Å²) >= 11 is 1.11. The van der Waals surface area contributed by atoms with Crippen LogP contribution in [0, 0.1) is 0 Å². The SMILES string of the molecule is O=CNC(Cc1ccccc1)C(=O)NS(=O)(=O)I. The van der Waals surface area contributed by atoms with Crippen LogP contribution in [0.15, 0.2) is 30.3 Å². The maximum Gasteiger partial charge on any atom is 0.288 e. The van der Waals surface area contributed by atoms with Gasteiger partial charge < -0.3 is 5.32 Å². The first kappa shape index (κ1) is 14.9. The molecule has 0 aliphatic rings. The van der Waals surface area contributed by atoms with Crippen LogP contribution in [0.1, 0.15) is 5.56 Å². The largest absolute Gasteiger partial charge is 0.347 e. The van der Waals surface area contributed by atoms with Crippen LogP contribution in [0.5, 0.6) is 0 Å². The summed E-state index contributed by atoms with van der Waals surface area (Å²) in [6, 6.07) is 8.05. The molecule has 1 aromatic carbocycles. The van der Waals surface area contributed by atoms with E-state index in [4.69, 9.17) is 0 Å². The fraction of sp³-hybridized carbons (Fsp3) is 0.200. The Morgan fingerprint density at radius 1 is 1.33 bits per heavy atom. The van der Waals surface area contributed by atoms with Gasteiger partial charge in [-0.3, -0.25) is 9.59 Å². The smallest absolute Gasteiger partial charge is 0.288 e. The van der Waals surface area contributed by atoms with Gasteiger partial charge in [0.05, 0.1) is 21.2 Å². The Morgan fingerprint density at radius 2 is 1.94 bits per heavy atom. The zero-order valence-corrected chi connectivity index (χ0v) is 12.1. The number of hydrogen-bond donors (Lipinski definition) is 2. The predicted molar refractivity (Wildman–Crippen MR) is 74.2 cm³/mol. The lowest BCUT2D eigenvalue weighted by molar-refractivity contribution is -0.123. The zero-order chi connectivity index (χ0) is 13.6. The fourth-order valence-electron chi connectivity index (χ4n) is 1.35. The molecule has 1 atom stereocenters. The minimum Gasteiger partial charge on any atom is -0.347 e. The molecule has 1 aromatic rings. The van der Waals surface area contributed by atoms with Crippen molar-refractivity contribution in [3.63, 3.8) is 0 Å². The molecule has 8 heteroatoms. The highest BCUT2D eigenvalue weighted by Gasteiger charge is 2.21. The molecule has 2 N–H and O–H groups in total. The Kier molecular flexibility index (Phi) is 5.54. The molecule has 1 rings (SSSR count). The van der Waals surface area contributed by atoms with Crippen molar-refractivity contribution in [2.75, 3.05) is 0 Å². The molecule has 0 aliphatic carbocycles. The summed E-state index contributed by atoms with van der Waals surface area (Å²) in [5, 5.41) is 2.29. The molecule has 0 radical (unpaired) electrons. The van der Waals surface area contributed by atoms with E-state index in [2.05, 4.69) is 5.32 Å². The summed E-state index contributed by atoms with van der Waals surface area (Å²) in [6.07, 6.45) is 0.588. The van der Waals surface area contributed by atoms with Crippen LogP contribution in [-0.2, 0) is 23.2 Å².